The van der Waals surface area contributed by atoms with Crippen molar-refractivity contribution in [3.05, 3.63) is 0 Å². The van der Waals surface area contributed by atoms with Gasteiger partial charge in [-0.05, 0) is 20.0 Å². The summed E-state index contributed by atoms with van der Waals surface area (Å²) in [5.74, 6) is 0. The fraction of sp³-hybridized carbons (Fsp3) is 1.00. The lowest BCUT2D eigenvalue weighted by Gasteiger charge is -1.86. The van der Waals surface area contributed by atoms with Crippen molar-refractivity contribution in [2.45, 2.75) is 0 Å². The molecule has 1 nitrogen and oxygen atoms in total. The second kappa shape index (κ2) is 1.14. The van der Waals surface area contributed by atoms with Crippen LogP contribution in [0.4, 0.5) is 0 Å². The van der Waals surface area contributed by atoms with Crippen molar-refractivity contribution in [2.75, 3.05) is 20.0 Å². The van der Waals surface area contributed by atoms with Gasteiger partial charge >= 0.3 is 0 Å². The van der Waals surface area contributed by atoms with Gasteiger partial charge in [-0.1, -0.05) is 0 Å². The van der Waals surface area contributed by atoms with E-state index in [1.54, 1.807) is 13.3 Å². The summed E-state index contributed by atoms with van der Waals surface area (Å²) >= 11 is 0. The summed E-state index contributed by atoms with van der Waals surface area (Å²) in [5, 5.41) is 0. The van der Waals surface area contributed by atoms with Crippen LogP contribution in [-0.4, -0.2) is 20.0 Å². The largest absolute Gasteiger partial charge is 0.324 e. The topological polar surface area (TPSA) is 17.1 Å². The second-order valence-corrected chi connectivity index (χ2v) is 4.72. The van der Waals surface area contributed by atoms with Gasteiger partial charge in [0.2, 0.25) is 0 Å². The van der Waals surface area contributed by atoms with E-state index in [0.29, 0.717) is 0 Å². The standard InChI is InChI=1S/C3H9OP/c1-5(2,3)4/h1-3H3/i1D. The van der Waals surface area contributed by atoms with Crippen molar-refractivity contribution in [3.63, 3.8) is 0 Å². The van der Waals surface area contributed by atoms with Crippen LogP contribution in [0.15, 0.2) is 0 Å². The predicted octanol–water partition coefficient (Wildman–Crippen LogP) is 1.24. The molecule has 0 saturated carbocycles. The summed E-state index contributed by atoms with van der Waals surface area (Å²) in [5.41, 5.74) is 0. The Kier molecular flexibility index (Phi) is 0.778. The molecule has 2 heteroatoms. The Morgan fingerprint density at radius 1 is 1.80 bits per heavy atom. The summed E-state index contributed by atoms with van der Waals surface area (Å²) in [4.78, 5) is 0. The Labute approximate surface area is 34.2 Å². The second-order valence-electron chi connectivity index (χ2n) is 1.57. The third kappa shape index (κ3) is 398. The zero-order valence-electron chi connectivity index (χ0n) is 4.56. The highest BCUT2D eigenvalue weighted by molar-refractivity contribution is 7.61. The van der Waals surface area contributed by atoms with Gasteiger partial charge in [0.25, 0.3) is 0 Å². The zero-order chi connectivity index (χ0) is 5.21. The summed E-state index contributed by atoms with van der Waals surface area (Å²) < 4.78 is 17.0. The molecule has 0 aliphatic carbocycles. The molecule has 0 bridgehead atoms. The molecule has 0 aliphatic heterocycles. The summed E-state index contributed by atoms with van der Waals surface area (Å²) in [6, 6.07) is 0. The predicted molar refractivity (Wildman–Crippen MR) is 25.4 cm³/mol. The lowest BCUT2D eigenvalue weighted by molar-refractivity contribution is 0.586. The fourth-order valence-corrected chi connectivity index (χ4v) is 0. The van der Waals surface area contributed by atoms with Crippen molar-refractivity contribution in [3.8, 4) is 0 Å². The third-order valence-corrected chi connectivity index (χ3v) is 0. The monoisotopic (exact) mass is 93.0 g/mol. The van der Waals surface area contributed by atoms with Gasteiger partial charge < -0.3 is 4.57 Å². The summed E-state index contributed by atoms with van der Waals surface area (Å²) in [6.07, 6.45) is 0. The smallest absolute Gasteiger partial charge is 0.0790 e. The van der Waals surface area contributed by atoms with E-state index < -0.39 is 7.14 Å². The quantitative estimate of drug-likeness (QED) is 0.412. The number of hydrogen-bond donors (Lipinski definition) is 0. The molecule has 0 unspecified atom stereocenters. The molecular weight excluding hydrogens is 83.0 g/mol. The van der Waals surface area contributed by atoms with Gasteiger partial charge in [0.05, 0.1) is 7.14 Å². The van der Waals surface area contributed by atoms with Crippen LogP contribution in [0, 0.1) is 0 Å². The Morgan fingerprint density at radius 3 is 2.00 bits per heavy atom. The molecule has 0 N–H and O–H groups in total. The molecule has 0 aromatic rings. The van der Waals surface area contributed by atoms with Crippen molar-refractivity contribution in [1.82, 2.24) is 0 Å². The van der Waals surface area contributed by atoms with E-state index in [1.165, 1.54) is 0 Å². The third-order valence-electron chi connectivity index (χ3n) is 0. The highest BCUT2D eigenvalue weighted by Gasteiger charge is 1.89. The maximum atomic E-state index is 10.4. The lowest BCUT2D eigenvalue weighted by atomic mass is 11.9. The molecular formula is C3H9OP. The minimum atomic E-state index is -1.98. The lowest BCUT2D eigenvalue weighted by Crippen LogP contribution is -1.61. The highest BCUT2D eigenvalue weighted by atomic mass is 31.2. The molecule has 0 heterocycles. The molecule has 0 radical (unpaired) electrons. The number of rotatable bonds is 0. The van der Waals surface area contributed by atoms with Gasteiger partial charge in [-0.15, -0.1) is 0 Å². The Morgan fingerprint density at radius 2 is 2.00 bits per heavy atom. The molecule has 0 saturated heterocycles. The molecule has 32 valence electrons. The summed E-state index contributed by atoms with van der Waals surface area (Å²) in [7, 11) is -1.98. The molecule has 0 fully saturated rings. The zero-order valence-corrected chi connectivity index (χ0v) is 4.46. The van der Waals surface area contributed by atoms with Crippen LogP contribution < -0.4 is 0 Å². The Hall–Kier alpha value is 0.230. The maximum absolute atomic E-state index is 10.4. The number of hydrogen-bond acceptors (Lipinski definition) is 1. The van der Waals surface area contributed by atoms with Gasteiger partial charge in [0.15, 0.2) is 0 Å². The molecule has 0 atom stereocenters. The van der Waals surface area contributed by atoms with Crippen LogP contribution in [0.3, 0.4) is 0 Å². The Bertz CT molecular complexity index is 74.9. The molecule has 0 aromatic carbocycles. The molecule has 0 amide bonds. The Balaban J connectivity index is 3.48. The normalized spacial score (nSPS) is 14.4. The van der Waals surface area contributed by atoms with E-state index >= 15 is 0 Å². The van der Waals surface area contributed by atoms with Crippen LogP contribution in [-0.2, 0) is 4.57 Å². The highest BCUT2D eigenvalue weighted by Crippen LogP contribution is 2.28. The van der Waals surface area contributed by atoms with Gasteiger partial charge in [-0.2, -0.15) is 0 Å². The summed E-state index contributed by atoms with van der Waals surface area (Å²) in [6.45, 7) is 3.30. The molecule has 0 aromatic heterocycles. The molecule has 0 aliphatic rings. The van der Waals surface area contributed by atoms with E-state index in [9.17, 15) is 4.57 Å². The van der Waals surface area contributed by atoms with Gasteiger partial charge in [-0.3, -0.25) is 0 Å². The van der Waals surface area contributed by atoms with Crippen LogP contribution in [0.1, 0.15) is 1.37 Å². The first kappa shape index (κ1) is 3.42. The van der Waals surface area contributed by atoms with Crippen LogP contribution in [0.5, 0.6) is 0 Å². The van der Waals surface area contributed by atoms with E-state index in [-0.39, 0.29) is 6.64 Å². The van der Waals surface area contributed by atoms with Crippen molar-refractivity contribution >= 4 is 7.14 Å². The van der Waals surface area contributed by atoms with Gasteiger partial charge in [0.1, 0.15) is 0 Å². The molecule has 0 spiro atoms. The van der Waals surface area contributed by atoms with Crippen molar-refractivity contribution < 1.29 is 5.94 Å². The average Bonchev–Trinajstić information content (AvgIpc) is 1.35. The van der Waals surface area contributed by atoms with E-state index in [0.717, 1.165) is 0 Å². The first-order valence-corrected chi connectivity index (χ1v) is 4.18. The van der Waals surface area contributed by atoms with E-state index in [4.69, 9.17) is 1.37 Å². The van der Waals surface area contributed by atoms with E-state index in [2.05, 4.69) is 0 Å². The maximum Gasteiger partial charge on any atom is 0.0790 e. The van der Waals surface area contributed by atoms with Gasteiger partial charge in [0, 0.05) is 1.37 Å². The van der Waals surface area contributed by atoms with Gasteiger partial charge in [-0.25, -0.2) is 0 Å². The van der Waals surface area contributed by atoms with Crippen molar-refractivity contribution in [2.24, 2.45) is 0 Å². The minimum absolute atomic E-state index is 0.0764. The van der Waals surface area contributed by atoms with Crippen molar-refractivity contribution in [1.29, 1.82) is 0 Å². The molecule has 0 rings (SSSR count). The SMILES string of the molecule is [2H]CP(C)(C)=O. The van der Waals surface area contributed by atoms with Crippen LogP contribution >= 0.6 is 7.14 Å². The van der Waals surface area contributed by atoms with Crippen LogP contribution in [0.25, 0.3) is 0 Å². The fourth-order valence-electron chi connectivity index (χ4n) is 0. The van der Waals surface area contributed by atoms with E-state index in [1.807, 2.05) is 0 Å². The average molecular weight is 93.1 g/mol. The first-order chi connectivity index (χ1) is 2.56. The first-order valence-electron chi connectivity index (χ1n) is 2.10. The molecule has 5 heavy (non-hydrogen) atoms. The minimum Gasteiger partial charge on any atom is -0.324 e. The van der Waals surface area contributed by atoms with Crippen LogP contribution in [0.2, 0.25) is 0 Å².